The van der Waals surface area contributed by atoms with Gasteiger partial charge in [0.25, 0.3) is 5.91 Å². The zero-order valence-corrected chi connectivity index (χ0v) is 9.77. The van der Waals surface area contributed by atoms with E-state index in [1.54, 1.807) is 7.05 Å². The van der Waals surface area contributed by atoms with Gasteiger partial charge in [0.1, 0.15) is 5.75 Å². The van der Waals surface area contributed by atoms with Gasteiger partial charge in [-0.05, 0) is 18.2 Å². The second-order valence-electron chi connectivity index (χ2n) is 3.54. The van der Waals surface area contributed by atoms with E-state index >= 15 is 0 Å². The summed E-state index contributed by atoms with van der Waals surface area (Å²) >= 11 is 0. The molecule has 0 saturated heterocycles. The lowest BCUT2D eigenvalue weighted by Crippen LogP contribution is -2.27. The Morgan fingerprint density at radius 3 is 2.89 bits per heavy atom. The van der Waals surface area contributed by atoms with Crippen LogP contribution in [0.4, 0.5) is 8.78 Å². The van der Waals surface area contributed by atoms with Gasteiger partial charge in [0, 0.05) is 19.2 Å². The van der Waals surface area contributed by atoms with Gasteiger partial charge in [0.15, 0.2) is 0 Å². The first-order chi connectivity index (χ1) is 8.54. The minimum absolute atomic E-state index is 0.0652. The summed E-state index contributed by atoms with van der Waals surface area (Å²) in [6.07, 6.45) is 0.218. The van der Waals surface area contributed by atoms with Gasteiger partial charge >= 0.3 is 6.61 Å². The predicted octanol–water partition coefficient (Wildman–Crippen LogP) is 2.27. The molecule has 0 saturated carbocycles. The largest absolute Gasteiger partial charge is 0.435 e. The zero-order valence-electron chi connectivity index (χ0n) is 9.77. The molecule has 4 nitrogen and oxygen atoms in total. The van der Waals surface area contributed by atoms with Crippen LogP contribution < -0.4 is 4.74 Å². The number of hydrogen-bond acceptors (Lipinski definition) is 3. The summed E-state index contributed by atoms with van der Waals surface area (Å²) in [5.74, 6) is -0.408. The van der Waals surface area contributed by atoms with Crippen LogP contribution in [0.5, 0.6) is 5.75 Å². The molecule has 0 unspecified atom stereocenters. The van der Waals surface area contributed by atoms with Crippen LogP contribution in [-0.2, 0) is 0 Å². The van der Waals surface area contributed by atoms with Crippen molar-refractivity contribution in [2.75, 3.05) is 13.6 Å². The van der Waals surface area contributed by atoms with Crippen LogP contribution in [0, 0.1) is 11.3 Å². The van der Waals surface area contributed by atoms with Crippen LogP contribution in [0.2, 0.25) is 0 Å². The number of benzene rings is 1. The van der Waals surface area contributed by atoms with Crippen LogP contribution in [0.15, 0.2) is 24.3 Å². The molecule has 0 aliphatic heterocycles. The van der Waals surface area contributed by atoms with E-state index < -0.39 is 6.61 Å². The first kappa shape index (κ1) is 13.9. The summed E-state index contributed by atoms with van der Waals surface area (Å²) in [5, 5.41) is 8.42. The minimum atomic E-state index is -2.92. The van der Waals surface area contributed by atoms with Gasteiger partial charge in [-0.15, -0.1) is 0 Å². The van der Waals surface area contributed by atoms with E-state index in [9.17, 15) is 13.6 Å². The van der Waals surface area contributed by atoms with Crippen molar-refractivity contribution < 1.29 is 18.3 Å². The molecule has 0 fully saturated rings. The summed E-state index contributed by atoms with van der Waals surface area (Å²) in [5.41, 5.74) is 0.244. The van der Waals surface area contributed by atoms with Crippen LogP contribution in [0.3, 0.4) is 0 Å². The highest BCUT2D eigenvalue weighted by atomic mass is 19.3. The number of alkyl halides is 2. The molecule has 1 aromatic rings. The fourth-order valence-electron chi connectivity index (χ4n) is 1.34. The third-order valence-corrected chi connectivity index (χ3v) is 2.21. The van der Waals surface area contributed by atoms with Crippen molar-refractivity contribution in [2.45, 2.75) is 13.0 Å². The van der Waals surface area contributed by atoms with E-state index in [4.69, 9.17) is 5.26 Å². The Morgan fingerprint density at radius 1 is 1.56 bits per heavy atom. The highest BCUT2D eigenvalue weighted by Crippen LogP contribution is 2.17. The van der Waals surface area contributed by atoms with E-state index in [1.165, 1.54) is 29.2 Å². The van der Waals surface area contributed by atoms with Crippen molar-refractivity contribution >= 4 is 5.91 Å². The van der Waals surface area contributed by atoms with Crippen LogP contribution in [-0.4, -0.2) is 31.0 Å². The number of carbonyl (C=O) groups excluding carboxylic acids is 1. The molecule has 1 amide bonds. The minimum Gasteiger partial charge on any atom is -0.435 e. The highest BCUT2D eigenvalue weighted by molar-refractivity contribution is 5.94. The Balaban J connectivity index is 2.77. The molecular formula is C12H12F2N2O2. The van der Waals surface area contributed by atoms with Gasteiger partial charge in [0.05, 0.1) is 12.5 Å². The van der Waals surface area contributed by atoms with E-state index in [0.29, 0.717) is 0 Å². The van der Waals surface area contributed by atoms with Crippen molar-refractivity contribution in [1.29, 1.82) is 5.26 Å². The van der Waals surface area contributed by atoms with Crippen LogP contribution in [0.1, 0.15) is 16.8 Å². The molecule has 0 radical (unpaired) electrons. The Morgan fingerprint density at radius 2 is 2.28 bits per heavy atom. The van der Waals surface area contributed by atoms with E-state index in [1.807, 2.05) is 6.07 Å². The summed E-state index contributed by atoms with van der Waals surface area (Å²) in [7, 11) is 1.54. The van der Waals surface area contributed by atoms with Crippen molar-refractivity contribution in [1.82, 2.24) is 4.90 Å². The number of rotatable bonds is 5. The van der Waals surface area contributed by atoms with Crippen molar-refractivity contribution in [3.05, 3.63) is 29.8 Å². The topological polar surface area (TPSA) is 53.3 Å². The Bertz CT molecular complexity index is 458. The number of halogens is 2. The standard InChI is InChI=1S/C12H12F2N2O2/c1-16(7-3-6-15)11(17)9-4-2-5-10(8-9)18-12(13)14/h2,4-5,8,12H,3,7H2,1H3. The lowest BCUT2D eigenvalue weighted by molar-refractivity contribution is -0.0499. The number of carbonyl (C=O) groups is 1. The van der Waals surface area contributed by atoms with Crippen molar-refractivity contribution in [3.8, 4) is 11.8 Å². The van der Waals surface area contributed by atoms with Gasteiger partial charge in [-0.25, -0.2) is 0 Å². The molecule has 18 heavy (non-hydrogen) atoms. The normalized spacial score (nSPS) is 9.94. The fourth-order valence-corrected chi connectivity index (χ4v) is 1.34. The Kier molecular flexibility index (Phi) is 5.06. The number of nitriles is 1. The van der Waals surface area contributed by atoms with Gasteiger partial charge in [-0.1, -0.05) is 6.07 Å². The van der Waals surface area contributed by atoms with E-state index in [-0.39, 0.29) is 30.2 Å². The molecule has 0 bridgehead atoms. The molecule has 0 aliphatic rings. The second kappa shape index (κ2) is 6.55. The third kappa shape index (κ3) is 4.01. The fraction of sp³-hybridized carbons (Fsp3) is 0.333. The lowest BCUT2D eigenvalue weighted by Gasteiger charge is -2.15. The van der Waals surface area contributed by atoms with E-state index in [2.05, 4.69) is 4.74 Å². The molecular weight excluding hydrogens is 242 g/mol. The first-order valence-electron chi connectivity index (χ1n) is 5.22. The molecule has 0 spiro atoms. The molecule has 0 heterocycles. The number of nitrogens with zero attached hydrogens (tertiary/aromatic N) is 2. The molecule has 1 aromatic carbocycles. The predicted molar refractivity (Wildman–Crippen MR) is 60.3 cm³/mol. The van der Waals surface area contributed by atoms with Crippen LogP contribution in [0.25, 0.3) is 0 Å². The molecule has 0 aromatic heterocycles. The molecule has 96 valence electrons. The Labute approximate surface area is 103 Å². The van der Waals surface area contributed by atoms with Crippen LogP contribution >= 0.6 is 0 Å². The van der Waals surface area contributed by atoms with Crippen molar-refractivity contribution in [2.24, 2.45) is 0 Å². The van der Waals surface area contributed by atoms with Gasteiger partial charge in [0.2, 0.25) is 0 Å². The second-order valence-corrected chi connectivity index (χ2v) is 3.54. The first-order valence-corrected chi connectivity index (χ1v) is 5.22. The molecule has 0 atom stereocenters. The van der Waals surface area contributed by atoms with Gasteiger partial charge < -0.3 is 9.64 Å². The smallest absolute Gasteiger partial charge is 0.387 e. The molecule has 1 rings (SSSR count). The summed E-state index contributed by atoms with van der Waals surface area (Å²) < 4.78 is 28.3. The van der Waals surface area contributed by atoms with E-state index in [0.717, 1.165) is 0 Å². The average Bonchev–Trinajstić information content (AvgIpc) is 2.34. The maximum atomic E-state index is 12.0. The molecule has 0 N–H and O–H groups in total. The summed E-state index contributed by atoms with van der Waals surface area (Å²) in [6.45, 7) is -2.64. The number of amides is 1. The average molecular weight is 254 g/mol. The summed E-state index contributed by atoms with van der Waals surface area (Å²) in [6, 6.07) is 7.48. The zero-order chi connectivity index (χ0) is 13.5. The van der Waals surface area contributed by atoms with Crippen molar-refractivity contribution in [3.63, 3.8) is 0 Å². The summed E-state index contributed by atoms with van der Waals surface area (Å²) in [4.78, 5) is 13.2. The third-order valence-electron chi connectivity index (χ3n) is 2.21. The molecule has 6 heteroatoms. The van der Waals surface area contributed by atoms with Gasteiger partial charge in [-0.3, -0.25) is 4.79 Å². The molecule has 0 aliphatic carbocycles. The lowest BCUT2D eigenvalue weighted by atomic mass is 10.2. The SMILES string of the molecule is CN(CCC#N)C(=O)c1cccc(OC(F)F)c1. The number of ether oxygens (including phenoxy) is 1. The Hall–Kier alpha value is -2.16. The number of hydrogen-bond donors (Lipinski definition) is 0. The maximum Gasteiger partial charge on any atom is 0.387 e. The monoisotopic (exact) mass is 254 g/mol. The maximum absolute atomic E-state index is 12.0. The van der Waals surface area contributed by atoms with Gasteiger partial charge in [-0.2, -0.15) is 14.0 Å². The quantitative estimate of drug-likeness (QED) is 0.810. The highest BCUT2D eigenvalue weighted by Gasteiger charge is 2.13.